The molecule has 1 unspecified atom stereocenters. The molecule has 0 aliphatic heterocycles. The van der Waals surface area contributed by atoms with E-state index in [4.69, 9.17) is 23.2 Å². The first-order chi connectivity index (χ1) is 8.60. The lowest BCUT2D eigenvalue weighted by Crippen LogP contribution is -2.06. The highest BCUT2D eigenvalue weighted by Gasteiger charge is 2.13. The van der Waals surface area contributed by atoms with Gasteiger partial charge < -0.3 is 5.32 Å². The van der Waals surface area contributed by atoms with E-state index in [0.717, 1.165) is 26.3 Å². The molecule has 1 heterocycles. The van der Waals surface area contributed by atoms with Crippen LogP contribution in [0, 0.1) is 0 Å². The predicted molar refractivity (Wildman–Crippen MR) is 82.2 cm³/mol. The smallest absolute Gasteiger partial charge is 0.0996 e. The Balaban J connectivity index is 2.15. The summed E-state index contributed by atoms with van der Waals surface area (Å²) in [5.41, 5.74) is 3.48. The number of halogens is 2. The van der Waals surface area contributed by atoms with E-state index in [9.17, 15) is 0 Å². The van der Waals surface area contributed by atoms with Gasteiger partial charge in [-0.2, -0.15) is 0 Å². The Hall–Kier alpha value is -0.700. The molecule has 1 aromatic carbocycles. The number of anilines is 1. The molecule has 2 rings (SSSR count). The molecular formula is C14H15Cl2NS. The number of nitrogens with one attached hydrogen (secondary N) is 1. The van der Waals surface area contributed by atoms with Crippen LogP contribution in [0.5, 0.6) is 0 Å². The zero-order chi connectivity index (χ0) is 13.1. The molecule has 0 aliphatic carbocycles. The minimum absolute atomic E-state index is 0.147. The van der Waals surface area contributed by atoms with E-state index in [0.29, 0.717) is 0 Å². The molecule has 1 aromatic heterocycles. The largest absolute Gasteiger partial charge is 0.378 e. The Morgan fingerprint density at radius 2 is 2.06 bits per heavy atom. The Bertz CT molecular complexity index is 536. The van der Waals surface area contributed by atoms with Gasteiger partial charge in [-0.25, -0.2) is 0 Å². The Morgan fingerprint density at radius 3 is 2.67 bits per heavy atom. The van der Waals surface area contributed by atoms with E-state index in [1.54, 1.807) is 0 Å². The number of aryl methyl sites for hydroxylation is 1. The summed E-state index contributed by atoms with van der Waals surface area (Å²) >= 11 is 13.5. The summed E-state index contributed by atoms with van der Waals surface area (Å²) in [5, 5.41) is 3.45. The van der Waals surface area contributed by atoms with Crippen LogP contribution in [0.3, 0.4) is 0 Å². The summed E-state index contributed by atoms with van der Waals surface area (Å²) in [7, 11) is 0. The lowest BCUT2D eigenvalue weighted by Gasteiger charge is -2.15. The van der Waals surface area contributed by atoms with Crippen molar-refractivity contribution in [1.29, 1.82) is 0 Å². The van der Waals surface area contributed by atoms with E-state index in [1.165, 1.54) is 16.9 Å². The van der Waals surface area contributed by atoms with Crippen LogP contribution in [-0.2, 0) is 6.42 Å². The Morgan fingerprint density at radius 1 is 1.28 bits per heavy atom. The third-order valence-electron chi connectivity index (χ3n) is 2.87. The topological polar surface area (TPSA) is 12.0 Å². The molecule has 18 heavy (non-hydrogen) atoms. The number of hydrogen-bond acceptors (Lipinski definition) is 2. The third-order valence-corrected chi connectivity index (χ3v) is 4.39. The second-order valence-electron chi connectivity index (χ2n) is 4.20. The van der Waals surface area contributed by atoms with E-state index in [1.807, 2.05) is 6.07 Å². The molecule has 4 heteroatoms. The molecule has 1 N–H and O–H groups in total. The highest BCUT2D eigenvalue weighted by atomic mass is 35.5. The highest BCUT2D eigenvalue weighted by molar-refractivity contribution is 7.20. The molecule has 96 valence electrons. The van der Waals surface area contributed by atoms with Gasteiger partial charge in [0, 0.05) is 11.3 Å². The summed E-state index contributed by atoms with van der Waals surface area (Å²) < 4.78 is 1.48. The van der Waals surface area contributed by atoms with Gasteiger partial charge in [0.05, 0.1) is 14.7 Å². The van der Waals surface area contributed by atoms with Crippen LogP contribution in [0.2, 0.25) is 8.67 Å². The molecule has 0 fully saturated rings. The number of benzene rings is 1. The number of hydrogen-bond donors (Lipinski definition) is 1. The van der Waals surface area contributed by atoms with Crippen molar-refractivity contribution in [2.45, 2.75) is 26.3 Å². The van der Waals surface area contributed by atoms with Gasteiger partial charge in [0.15, 0.2) is 0 Å². The van der Waals surface area contributed by atoms with E-state index in [2.05, 4.69) is 43.4 Å². The van der Waals surface area contributed by atoms with Crippen molar-refractivity contribution in [1.82, 2.24) is 0 Å². The first kappa shape index (κ1) is 13.7. The average Bonchev–Trinajstić information content (AvgIpc) is 2.69. The van der Waals surface area contributed by atoms with Gasteiger partial charge in [-0.15, -0.1) is 11.3 Å². The van der Waals surface area contributed by atoms with Crippen molar-refractivity contribution >= 4 is 40.2 Å². The zero-order valence-corrected chi connectivity index (χ0v) is 12.7. The van der Waals surface area contributed by atoms with Gasteiger partial charge in [-0.3, -0.25) is 0 Å². The van der Waals surface area contributed by atoms with Crippen LogP contribution < -0.4 is 5.32 Å². The summed E-state index contributed by atoms with van der Waals surface area (Å²) in [6.07, 6.45) is 1.04. The highest BCUT2D eigenvalue weighted by Crippen LogP contribution is 2.36. The fourth-order valence-corrected chi connectivity index (χ4v) is 3.50. The fraction of sp³-hybridized carbons (Fsp3) is 0.286. The van der Waals surface area contributed by atoms with Crippen molar-refractivity contribution in [3.63, 3.8) is 0 Å². The molecule has 0 saturated carbocycles. The van der Waals surface area contributed by atoms with Gasteiger partial charge in [0.2, 0.25) is 0 Å². The fourth-order valence-electron chi connectivity index (χ4n) is 1.86. The standard InChI is InChI=1S/C14H15Cl2NS/c1-3-10-5-4-6-11(7-10)17-9(2)12-8-13(15)18-14(12)16/h4-9,17H,3H2,1-2H3. The second-order valence-corrected chi connectivity index (χ2v) is 6.49. The van der Waals surface area contributed by atoms with E-state index >= 15 is 0 Å². The molecule has 0 spiro atoms. The molecule has 0 radical (unpaired) electrons. The van der Waals surface area contributed by atoms with Crippen molar-refractivity contribution < 1.29 is 0 Å². The molecule has 0 amide bonds. The van der Waals surface area contributed by atoms with Gasteiger partial charge in [0.1, 0.15) is 0 Å². The van der Waals surface area contributed by atoms with Gasteiger partial charge >= 0.3 is 0 Å². The van der Waals surface area contributed by atoms with E-state index in [-0.39, 0.29) is 6.04 Å². The normalized spacial score (nSPS) is 12.4. The molecule has 0 aliphatic rings. The van der Waals surface area contributed by atoms with Crippen LogP contribution in [-0.4, -0.2) is 0 Å². The number of rotatable bonds is 4. The van der Waals surface area contributed by atoms with Crippen molar-refractivity contribution in [2.24, 2.45) is 0 Å². The lowest BCUT2D eigenvalue weighted by molar-refractivity contribution is 0.890. The number of thiophene rings is 1. The maximum atomic E-state index is 6.16. The van der Waals surface area contributed by atoms with Crippen LogP contribution in [0.15, 0.2) is 30.3 Å². The Kier molecular flexibility index (Phi) is 4.55. The van der Waals surface area contributed by atoms with Crippen LogP contribution in [0.4, 0.5) is 5.69 Å². The first-order valence-electron chi connectivity index (χ1n) is 5.90. The first-order valence-corrected chi connectivity index (χ1v) is 7.47. The Labute approximate surface area is 122 Å². The second kappa shape index (κ2) is 5.96. The summed E-state index contributed by atoms with van der Waals surface area (Å²) in [5.74, 6) is 0. The molecular weight excluding hydrogens is 285 g/mol. The predicted octanol–water partition coefficient (Wildman–Crippen LogP) is 5.79. The summed E-state index contributed by atoms with van der Waals surface area (Å²) in [4.78, 5) is 0. The lowest BCUT2D eigenvalue weighted by atomic mass is 10.1. The van der Waals surface area contributed by atoms with Crippen molar-refractivity contribution in [2.75, 3.05) is 5.32 Å². The maximum Gasteiger partial charge on any atom is 0.0996 e. The van der Waals surface area contributed by atoms with Crippen LogP contribution in [0.1, 0.15) is 31.0 Å². The molecule has 2 aromatic rings. The van der Waals surface area contributed by atoms with Gasteiger partial charge in [-0.1, -0.05) is 42.3 Å². The van der Waals surface area contributed by atoms with Crippen LogP contribution in [0.25, 0.3) is 0 Å². The van der Waals surface area contributed by atoms with Crippen LogP contribution >= 0.6 is 34.5 Å². The minimum Gasteiger partial charge on any atom is -0.378 e. The summed E-state index contributed by atoms with van der Waals surface area (Å²) in [6, 6.07) is 10.5. The average molecular weight is 300 g/mol. The molecule has 1 nitrogen and oxygen atoms in total. The van der Waals surface area contributed by atoms with Gasteiger partial charge in [0.25, 0.3) is 0 Å². The van der Waals surface area contributed by atoms with Crippen molar-refractivity contribution in [3.8, 4) is 0 Å². The molecule has 0 saturated heterocycles. The minimum atomic E-state index is 0.147. The maximum absolute atomic E-state index is 6.16. The quantitative estimate of drug-likeness (QED) is 0.753. The van der Waals surface area contributed by atoms with Crippen molar-refractivity contribution in [3.05, 3.63) is 50.1 Å². The third kappa shape index (κ3) is 3.19. The molecule has 1 atom stereocenters. The summed E-state index contributed by atoms with van der Waals surface area (Å²) in [6.45, 7) is 4.24. The SMILES string of the molecule is CCc1cccc(NC(C)c2cc(Cl)sc2Cl)c1. The van der Waals surface area contributed by atoms with Gasteiger partial charge in [-0.05, 0) is 37.1 Å². The molecule has 0 bridgehead atoms. The zero-order valence-electron chi connectivity index (χ0n) is 10.3. The van der Waals surface area contributed by atoms with E-state index < -0.39 is 0 Å². The monoisotopic (exact) mass is 299 g/mol.